The maximum atomic E-state index is 8.76. The van der Waals surface area contributed by atoms with Crippen molar-refractivity contribution in [2.75, 3.05) is 0 Å². The van der Waals surface area contributed by atoms with E-state index in [0.717, 1.165) is 0 Å². The minimum atomic E-state index is -3.29. The van der Waals surface area contributed by atoms with E-state index in [9.17, 15) is 0 Å². The number of rotatable bonds is 0. The van der Waals surface area contributed by atoms with E-state index < -0.39 is 14.5 Å². The van der Waals surface area contributed by atoms with Crippen LogP contribution in [0, 0.1) is 0 Å². The van der Waals surface area contributed by atoms with Crippen LogP contribution in [0.3, 0.4) is 0 Å². The third-order valence-corrected chi connectivity index (χ3v) is 0. The van der Waals surface area contributed by atoms with Gasteiger partial charge in [-0.25, -0.2) is 0 Å². The van der Waals surface area contributed by atoms with Crippen LogP contribution >= 0.6 is 0 Å². The molecule has 34 valence electrons. The van der Waals surface area contributed by atoms with Crippen LogP contribution in [-0.2, 0) is 3.83 Å². The van der Waals surface area contributed by atoms with Crippen LogP contribution in [0.2, 0.25) is 0 Å². The molecule has 0 fully saturated rings. The molecule has 0 aliphatic carbocycles. The second kappa shape index (κ2) is 4.46. The molecule has 0 aromatic carbocycles. The number of hydrogen-bond acceptors (Lipinski definition) is 1. The van der Waals surface area contributed by atoms with Gasteiger partial charge in [0.1, 0.15) is 0 Å². The standard InChI is InChI=1S/H2O3Se.H4Si/c1-4(2)3;/h(H2,1,2,3);1H4. The first-order valence-electron chi connectivity index (χ1n) is 0.532. The molecule has 5 heavy (non-hydrogen) atoms. The second-order valence-electron chi connectivity index (χ2n) is 0.231. The molecule has 0 rings (SSSR count). The Morgan fingerprint density at radius 3 is 1.40 bits per heavy atom. The topological polar surface area (TPSA) is 57.5 Å². The van der Waals surface area contributed by atoms with Crippen molar-refractivity contribution >= 4 is 25.5 Å². The van der Waals surface area contributed by atoms with E-state index in [4.69, 9.17) is 12.2 Å². The second-order valence-corrected chi connectivity index (χ2v) is 1.20. The Bertz CT molecular complexity index is 29.9. The summed E-state index contributed by atoms with van der Waals surface area (Å²) in [5.74, 6) is 0. The van der Waals surface area contributed by atoms with Gasteiger partial charge in [-0.15, -0.1) is 0 Å². The van der Waals surface area contributed by atoms with Crippen molar-refractivity contribution < 1.29 is 12.2 Å². The molecular weight excluding hydrogens is 155 g/mol. The Morgan fingerprint density at radius 2 is 1.40 bits per heavy atom. The van der Waals surface area contributed by atoms with Crippen LogP contribution in [-0.4, -0.2) is 33.8 Å². The third-order valence-electron chi connectivity index (χ3n) is 0. The quantitative estimate of drug-likeness (QED) is 0.371. The molecule has 0 amide bonds. The van der Waals surface area contributed by atoms with Gasteiger partial charge in [0, 0.05) is 0 Å². The summed E-state index contributed by atoms with van der Waals surface area (Å²) >= 11 is -3.29. The van der Waals surface area contributed by atoms with E-state index in [0.29, 0.717) is 0 Å². The zero-order chi connectivity index (χ0) is 3.58. The molecule has 0 heterocycles. The Kier molecular flexibility index (Phi) is 8.08. The Balaban J connectivity index is 0. The molecule has 0 saturated carbocycles. The van der Waals surface area contributed by atoms with Crippen molar-refractivity contribution in [1.82, 2.24) is 0 Å². The maximum Gasteiger partial charge on any atom is -0.0149 e. The molecule has 0 bridgehead atoms. The van der Waals surface area contributed by atoms with Crippen LogP contribution in [0.15, 0.2) is 0 Å². The summed E-state index contributed by atoms with van der Waals surface area (Å²) in [7, 11) is 0. The zero-order valence-corrected chi connectivity index (χ0v) is 3.42. The Morgan fingerprint density at radius 1 is 1.40 bits per heavy atom. The van der Waals surface area contributed by atoms with Crippen molar-refractivity contribution in [3.63, 3.8) is 0 Å². The van der Waals surface area contributed by atoms with E-state index in [-0.39, 0.29) is 11.0 Å². The normalized spacial score (nSPS) is 7.00. The third kappa shape index (κ3) is 129. The van der Waals surface area contributed by atoms with Crippen LogP contribution in [0.1, 0.15) is 0 Å². The summed E-state index contributed by atoms with van der Waals surface area (Å²) in [5, 5.41) is 0. The van der Waals surface area contributed by atoms with Crippen molar-refractivity contribution in [2.45, 2.75) is 0 Å². The summed E-state index contributed by atoms with van der Waals surface area (Å²) in [5.41, 5.74) is 0. The van der Waals surface area contributed by atoms with Crippen LogP contribution < -0.4 is 0 Å². The average molecular weight is 161 g/mol. The Labute approximate surface area is 38.4 Å². The van der Waals surface area contributed by atoms with Crippen LogP contribution in [0.5, 0.6) is 0 Å². The molecule has 0 aromatic heterocycles. The first-order valence-corrected chi connectivity index (χ1v) is 2.76. The molecule has 0 aliphatic heterocycles. The maximum absolute atomic E-state index is 8.76. The molecule has 0 spiro atoms. The molecular formula is H6O3SeSi. The largest absolute Gasteiger partial charge is 0.0149 e. The molecule has 0 saturated heterocycles. The summed E-state index contributed by atoms with van der Waals surface area (Å²) in [6.45, 7) is 0. The van der Waals surface area contributed by atoms with Gasteiger partial charge in [0.05, 0.1) is 0 Å². The average Bonchev–Trinajstić information content (AvgIpc) is 0.811. The van der Waals surface area contributed by atoms with Gasteiger partial charge in [0.15, 0.2) is 0 Å². The van der Waals surface area contributed by atoms with Crippen molar-refractivity contribution in [1.29, 1.82) is 0 Å². The van der Waals surface area contributed by atoms with Gasteiger partial charge in [-0.05, 0) is 11.0 Å². The molecule has 0 atom stereocenters. The van der Waals surface area contributed by atoms with E-state index in [2.05, 4.69) is 0 Å². The monoisotopic (exact) mass is 162 g/mol. The molecule has 0 aliphatic rings. The number of hydrogen-bond donors (Lipinski definition) is 2. The van der Waals surface area contributed by atoms with Gasteiger partial charge >= 0.3 is 26.7 Å². The van der Waals surface area contributed by atoms with Gasteiger partial charge in [-0.3, -0.25) is 0 Å². The van der Waals surface area contributed by atoms with Gasteiger partial charge in [0.2, 0.25) is 0 Å². The van der Waals surface area contributed by atoms with Crippen LogP contribution in [0.4, 0.5) is 0 Å². The molecule has 5 heteroatoms. The summed E-state index contributed by atoms with van der Waals surface area (Å²) in [6, 6.07) is 0. The predicted molar refractivity (Wildman–Crippen MR) is 22.2 cm³/mol. The fourth-order valence-electron chi connectivity index (χ4n) is 0. The first-order chi connectivity index (χ1) is 1.73. The van der Waals surface area contributed by atoms with Gasteiger partial charge in [-0.1, -0.05) is 0 Å². The van der Waals surface area contributed by atoms with Crippen LogP contribution in [0.25, 0.3) is 0 Å². The fraction of sp³-hybridized carbons (Fsp3) is 0. The minimum absolute atomic E-state index is 0. The van der Waals surface area contributed by atoms with E-state index in [1.807, 2.05) is 0 Å². The van der Waals surface area contributed by atoms with Gasteiger partial charge in [0.25, 0.3) is 0 Å². The van der Waals surface area contributed by atoms with Gasteiger partial charge < -0.3 is 0 Å². The van der Waals surface area contributed by atoms with Crippen molar-refractivity contribution in [2.24, 2.45) is 0 Å². The molecule has 2 N–H and O–H groups in total. The predicted octanol–water partition coefficient (Wildman–Crippen LogP) is -3.07. The summed E-state index contributed by atoms with van der Waals surface area (Å²) in [6.07, 6.45) is 0. The summed E-state index contributed by atoms with van der Waals surface area (Å²) < 4.78 is 23.1. The van der Waals surface area contributed by atoms with Gasteiger partial charge in [-0.2, -0.15) is 0 Å². The smallest absolute Gasteiger partial charge is 0.0149 e. The first kappa shape index (κ1) is 9.07. The van der Waals surface area contributed by atoms with E-state index in [1.165, 1.54) is 0 Å². The SMILES string of the molecule is O=[Se](O)O.[SiH4]. The molecule has 0 aromatic rings. The molecule has 3 nitrogen and oxygen atoms in total. The fourth-order valence-corrected chi connectivity index (χ4v) is 0. The van der Waals surface area contributed by atoms with Crippen molar-refractivity contribution in [3.05, 3.63) is 0 Å². The summed E-state index contributed by atoms with van der Waals surface area (Å²) in [4.78, 5) is 0. The Hall–Kier alpha value is 0.456. The van der Waals surface area contributed by atoms with E-state index in [1.54, 1.807) is 0 Å². The minimum Gasteiger partial charge on any atom is -0.0149 e. The molecule has 0 unspecified atom stereocenters. The zero-order valence-electron chi connectivity index (χ0n) is 1.71. The van der Waals surface area contributed by atoms with E-state index >= 15 is 0 Å². The molecule has 0 radical (unpaired) electrons. The van der Waals surface area contributed by atoms with Crippen molar-refractivity contribution in [3.8, 4) is 0 Å².